The zero-order valence-corrected chi connectivity index (χ0v) is 12.1. The lowest BCUT2D eigenvalue weighted by molar-refractivity contribution is 0.245. The van der Waals surface area contributed by atoms with Crippen molar-refractivity contribution in [3.8, 4) is 5.75 Å². The molecule has 1 aromatic heterocycles. The van der Waals surface area contributed by atoms with Gasteiger partial charge in [-0.25, -0.2) is 14.3 Å². The van der Waals surface area contributed by atoms with Crippen molar-refractivity contribution in [2.45, 2.75) is 12.5 Å². The fourth-order valence-electron chi connectivity index (χ4n) is 2.91. The van der Waals surface area contributed by atoms with Crippen molar-refractivity contribution in [3.05, 3.63) is 59.9 Å². The number of ether oxygens (including phenoxy) is 1. The lowest BCUT2D eigenvalue weighted by atomic mass is 10.1. The standard InChI is InChI=1S/C17H15N3O2/c1-22-12-8-6-11(7-9-12)10-14-16-18-13-4-2-3-5-15(13)20(16)17(21)19-14/h2-9,14H,10H2,1H3,(H,19,21). The van der Waals surface area contributed by atoms with Crippen molar-refractivity contribution in [3.63, 3.8) is 0 Å². The molecule has 110 valence electrons. The molecule has 3 aromatic rings. The molecule has 0 radical (unpaired) electrons. The second-order valence-electron chi connectivity index (χ2n) is 5.35. The highest BCUT2D eigenvalue weighted by molar-refractivity contribution is 5.92. The Hall–Kier alpha value is -2.82. The Morgan fingerprint density at radius 3 is 2.73 bits per heavy atom. The van der Waals surface area contributed by atoms with Gasteiger partial charge in [-0.15, -0.1) is 0 Å². The number of nitrogens with zero attached hydrogens (tertiary/aromatic N) is 2. The Balaban J connectivity index is 1.69. The summed E-state index contributed by atoms with van der Waals surface area (Å²) in [4.78, 5) is 16.8. The van der Waals surface area contributed by atoms with E-state index in [1.807, 2.05) is 48.5 Å². The summed E-state index contributed by atoms with van der Waals surface area (Å²) in [6.45, 7) is 0. The number of fused-ring (bicyclic) bond motifs is 3. The number of aromatic nitrogens is 2. The zero-order valence-electron chi connectivity index (χ0n) is 12.1. The second kappa shape index (κ2) is 4.87. The molecule has 2 heterocycles. The van der Waals surface area contributed by atoms with Crippen molar-refractivity contribution in [1.29, 1.82) is 0 Å². The number of methoxy groups -OCH3 is 1. The number of hydrogen-bond donors (Lipinski definition) is 1. The fourth-order valence-corrected chi connectivity index (χ4v) is 2.91. The molecule has 0 fully saturated rings. The Morgan fingerprint density at radius 1 is 1.18 bits per heavy atom. The lowest BCUT2D eigenvalue weighted by Gasteiger charge is -2.09. The van der Waals surface area contributed by atoms with E-state index in [4.69, 9.17) is 4.74 Å². The molecule has 0 bridgehead atoms. The van der Waals surface area contributed by atoms with E-state index in [1.165, 1.54) is 0 Å². The Labute approximate surface area is 127 Å². The van der Waals surface area contributed by atoms with E-state index in [1.54, 1.807) is 11.7 Å². The van der Waals surface area contributed by atoms with Crippen molar-refractivity contribution >= 4 is 17.1 Å². The van der Waals surface area contributed by atoms with Crippen LogP contribution in [0.4, 0.5) is 4.79 Å². The number of benzene rings is 2. The quantitative estimate of drug-likeness (QED) is 0.808. The monoisotopic (exact) mass is 293 g/mol. The Morgan fingerprint density at radius 2 is 1.95 bits per heavy atom. The maximum atomic E-state index is 12.2. The molecule has 1 unspecified atom stereocenters. The minimum absolute atomic E-state index is 0.103. The first-order chi connectivity index (χ1) is 10.8. The number of rotatable bonds is 3. The van der Waals surface area contributed by atoms with E-state index in [9.17, 15) is 4.79 Å². The minimum Gasteiger partial charge on any atom is -0.497 e. The van der Waals surface area contributed by atoms with Crippen LogP contribution in [0.5, 0.6) is 5.75 Å². The molecule has 0 spiro atoms. The van der Waals surface area contributed by atoms with Crippen molar-refractivity contribution in [2.75, 3.05) is 7.11 Å². The summed E-state index contributed by atoms with van der Waals surface area (Å²) in [6.07, 6.45) is 0.707. The van der Waals surface area contributed by atoms with Gasteiger partial charge in [0.15, 0.2) is 0 Å². The summed E-state index contributed by atoms with van der Waals surface area (Å²) in [5, 5.41) is 3.00. The maximum absolute atomic E-state index is 12.2. The van der Waals surface area contributed by atoms with Crippen LogP contribution in [0.3, 0.4) is 0 Å². The zero-order chi connectivity index (χ0) is 15.1. The highest BCUT2D eigenvalue weighted by atomic mass is 16.5. The number of hydrogen-bond acceptors (Lipinski definition) is 3. The summed E-state index contributed by atoms with van der Waals surface area (Å²) in [5.74, 6) is 1.61. The van der Waals surface area contributed by atoms with Gasteiger partial charge in [-0.1, -0.05) is 24.3 Å². The summed E-state index contributed by atoms with van der Waals surface area (Å²) in [6, 6.07) is 15.4. The predicted octanol–water partition coefficient (Wildman–Crippen LogP) is 2.90. The van der Waals surface area contributed by atoms with Crippen molar-refractivity contribution in [1.82, 2.24) is 14.9 Å². The number of imidazole rings is 1. The van der Waals surface area contributed by atoms with Crippen LogP contribution in [-0.4, -0.2) is 22.7 Å². The average Bonchev–Trinajstić information content (AvgIpc) is 3.07. The van der Waals surface area contributed by atoms with Crippen LogP contribution in [0, 0.1) is 0 Å². The molecule has 0 saturated heterocycles. The Kier molecular flexibility index (Phi) is 2.85. The van der Waals surface area contributed by atoms with Crippen LogP contribution in [0.15, 0.2) is 48.5 Å². The van der Waals surface area contributed by atoms with E-state index in [-0.39, 0.29) is 12.1 Å². The number of nitrogens with one attached hydrogen (secondary N) is 1. The SMILES string of the molecule is COc1ccc(CC2NC(=O)n3c2nc2ccccc23)cc1. The smallest absolute Gasteiger partial charge is 0.328 e. The molecule has 0 aliphatic carbocycles. The van der Waals surface area contributed by atoms with Crippen LogP contribution in [-0.2, 0) is 6.42 Å². The van der Waals surface area contributed by atoms with Gasteiger partial charge in [0.2, 0.25) is 0 Å². The molecule has 1 atom stereocenters. The van der Waals surface area contributed by atoms with Crippen molar-refractivity contribution < 1.29 is 9.53 Å². The maximum Gasteiger partial charge on any atom is 0.328 e. The van der Waals surface area contributed by atoms with Crippen LogP contribution >= 0.6 is 0 Å². The van der Waals surface area contributed by atoms with Gasteiger partial charge >= 0.3 is 6.03 Å². The van der Waals surface area contributed by atoms with Crippen molar-refractivity contribution in [2.24, 2.45) is 0 Å². The molecule has 5 heteroatoms. The van der Waals surface area contributed by atoms with Gasteiger partial charge in [0, 0.05) is 0 Å². The van der Waals surface area contributed by atoms with Gasteiger partial charge in [-0.3, -0.25) is 0 Å². The van der Waals surface area contributed by atoms with Gasteiger partial charge in [-0.05, 0) is 36.2 Å². The van der Waals surface area contributed by atoms with Crippen LogP contribution in [0.25, 0.3) is 11.0 Å². The average molecular weight is 293 g/mol. The summed E-state index contributed by atoms with van der Waals surface area (Å²) >= 11 is 0. The largest absolute Gasteiger partial charge is 0.497 e. The molecular formula is C17H15N3O2. The summed E-state index contributed by atoms with van der Waals surface area (Å²) in [7, 11) is 1.65. The molecule has 5 nitrogen and oxygen atoms in total. The molecule has 0 saturated carbocycles. The number of amides is 1. The molecule has 2 aromatic carbocycles. The predicted molar refractivity (Wildman–Crippen MR) is 83.1 cm³/mol. The minimum atomic E-state index is -0.109. The molecule has 1 aliphatic rings. The van der Waals surface area contributed by atoms with Gasteiger partial charge in [-0.2, -0.15) is 0 Å². The van der Waals surface area contributed by atoms with Gasteiger partial charge in [0.05, 0.1) is 24.2 Å². The van der Waals surface area contributed by atoms with E-state index < -0.39 is 0 Å². The van der Waals surface area contributed by atoms with E-state index in [2.05, 4.69) is 10.3 Å². The third kappa shape index (κ3) is 1.94. The second-order valence-corrected chi connectivity index (χ2v) is 5.35. The number of carbonyl (C=O) groups excluding carboxylic acids is 1. The first kappa shape index (κ1) is 12.9. The molecule has 1 aliphatic heterocycles. The topological polar surface area (TPSA) is 56.1 Å². The number of carbonyl (C=O) groups is 1. The van der Waals surface area contributed by atoms with E-state index >= 15 is 0 Å². The third-order valence-corrected chi connectivity index (χ3v) is 4.00. The summed E-state index contributed by atoms with van der Waals surface area (Å²) in [5.41, 5.74) is 2.84. The van der Waals surface area contributed by atoms with Gasteiger partial charge < -0.3 is 10.1 Å². The van der Waals surface area contributed by atoms with Crippen LogP contribution in [0.1, 0.15) is 17.4 Å². The van der Waals surface area contributed by atoms with E-state index in [0.717, 1.165) is 28.2 Å². The normalized spacial score (nSPS) is 16.6. The summed E-state index contributed by atoms with van der Waals surface area (Å²) < 4.78 is 6.84. The lowest BCUT2D eigenvalue weighted by Crippen LogP contribution is -2.22. The highest BCUT2D eigenvalue weighted by Crippen LogP contribution is 2.28. The van der Waals surface area contributed by atoms with Gasteiger partial charge in [0.1, 0.15) is 11.6 Å². The molecule has 1 amide bonds. The molecule has 4 rings (SSSR count). The third-order valence-electron chi connectivity index (χ3n) is 4.00. The molecular weight excluding hydrogens is 278 g/mol. The molecule has 1 N–H and O–H groups in total. The fraction of sp³-hybridized carbons (Fsp3) is 0.176. The number of para-hydroxylation sites is 2. The first-order valence-electron chi connectivity index (χ1n) is 7.17. The first-order valence-corrected chi connectivity index (χ1v) is 7.17. The highest BCUT2D eigenvalue weighted by Gasteiger charge is 2.31. The van der Waals surface area contributed by atoms with Crippen LogP contribution < -0.4 is 10.1 Å². The van der Waals surface area contributed by atoms with Crippen LogP contribution in [0.2, 0.25) is 0 Å². The van der Waals surface area contributed by atoms with Gasteiger partial charge in [0.25, 0.3) is 0 Å². The Bertz CT molecular complexity index is 852. The molecule has 22 heavy (non-hydrogen) atoms. The van der Waals surface area contributed by atoms with E-state index in [0.29, 0.717) is 6.42 Å².